The number of hydrogen-bond acceptors (Lipinski definition) is 5. The monoisotopic (exact) mass is 410 g/mol. The number of carbonyl (C=O) groups excluding carboxylic acids is 3. The molecule has 0 radical (unpaired) electrons. The lowest BCUT2D eigenvalue weighted by atomic mass is 9.99. The summed E-state index contributed by atoms with van der Waals surface area (Å²) in [5, 5.41) is 5.48. The molecule has 2 unspecified atom stereocenters. The van der Waals surface area contributed by atoms with Crippen LogP contribution in [0.25, 0.3) is 0 Å². The normalized spacial score (nSPS) is 20.4. The van der Waals surface area contributed by atoms with Gasteiger partial charge in [0.15, 0.2) is 0 Å². The van der Waals surface area contributed by atoms with E-state index in [0.29, 0.717) is 11.4 Å². The number of fused-ring (bicyclic) bond motifs is 1. The van der Waals surface area contributed by atoms with Gasteiger partial charge in [0.25, 0.3) is 11.8 Å². The molecular formula is C21H19FN4O4. The minimum Gasteiger partial charge on any atom is -0.497 e. The minimum atomic E-state index is -0.801. The van der Waals surface area contributed by atoms with Crippen molar-refractivity contribution in [2.24, 2.45) is 0 Å². The highest BCUT2D eigenvalue weighted by atomic mass is 19.1. The summed E-state index contributed by atoms with van der Waals surface area (Å²) in [5.41, 5.74) is 1.06. The fraction of sp³-hybridized carbons (Fsp3) is 0.190. The molecule has 0 aromatic heterocycles. The average Bonchev–Trinajstić information content (AvgIpc) is 3.06. The molecule has 2 aromatic rings. The van der Waals surface area contributed by atoms with E-state index in [0.717, 1.165) is 4.90 Å². The summed E-state index contributed by atoms with van der Waals surface area (Å²) in [6.45, 7) is 0. The molecule has 1 saturated heterocycles. The number of halogens is 1. The number of carbonyl (C=O) groups is 3. The van der Waals surface area contributed by atoms with E-state index in [4.69, 9.17) is 4.74 Å². The molecule has 2 heterocycles. The molecule has 2 aliphatic heterocycles. The van der Waals surface area contributed by atoms with Gasteiger partial charge in [-0.15, -0.1) is 0 Å². The first kappa shape index (κ1) is 19.4. The van der Waals surface area contributed by atoms with E-state index in [-0.39, 0.29) is 11.3 Å². The third-order valence-electron chi connectivity index (χ3n) is 5.08. The van der Waals surface area contributed by atoms with Crippen LogP contribution in [0.3, 0.4) is 0 Å². The van der Waals surface area contributed by atoms with Gasteiger partial charge in [0.2, 0.25) is 0 Å². The predicted molar refractivity (Wildman–Crippen MR) is 107 cm³/mol. The fourth-order valence-electron chi connectivity index (χ4n) is 3.60. The van der Waals surface area contributed by atoms with Crippen LogP contribution in [0.2, 0.25) is 0 Å². The van der Waals surface area contributed by atoms with Crippen molar-refractivity contribution in [2.45, 2.75) is 12.1 Å². The highest BCUT2D eigenvalue weighted by Crippen LogP contribution is 2.30. The van der Waals surface area contributed by atoms with Crippen LogP contribution in [-0.2, 0) is 9.59 Å². The third kappa shape index (κ3) is 3.34. The summed E-state index contributed by atoms with van der Waals surface area (Å²) in [7, 11) is 3.20. The van der Waals surface area contributed by atoms with E-state index in [1.165, 1.54) is 24.3 Å². The quantitative estimate of drug-likeness (QED) is 0.806. The molecule has 30 heavy (non-hydrogen) atoms. The standard InChI is InChI=1S/C21H19FN4O4/c1-25-11-16(19(27)23-13-5-9-15(30-2)10-6-13)17-18(25)20(28)26(21(29)24-17)14-7-3-12(22)4-8-14/h3-11,17-18H,1-2H3,(H,23,27)(H,24,29). The number of methoxy groups -OCH3 is 1. The van der Waals surface area contributed by atoms with Crippen molar-refractivity contribution < 1.29 is 23.5 Å². The van der Waals surface area contributed by atoms with Crippen molar-refractivity contribution >= 4 is 29.2 Å². The number of benzene rings is 2. The number of anilines is 2. The number of nitrogens with one attached hydrogen (secondary N) is 2. The lowest BCUT2D eigenvalue weighted by molar-refractivity contribution is -0.122. The molecule has 0 saturated carbocycles. The van der Waals surface area contributed by atoms with Gasteiger partial charge in [0.1, 0.15) is 17.6 Å². The van der Waals surface area contributed by atoms with Gasteiger partial charge < -0.3 is 20.3 Å². The SMILES string of the molecule is COc1ccc(NC(=O)C2=CN(C)C3C(=O)N(c4ccc(F)cc4)C(=O)NC23)cc1. The summed E-state index contributed by atoms with van der Waals surface area (Å²) in [6, 6.07) is 9.58. The maximum Gasteiger partial charge on any atom is 0.329 e. The number of rotatable bonds is 4. The van der Waals surface area contributed by atoms with E-state index >= 15 is 0 Å². The van der Waals surface area contributed by atoms with Crippen molar-refractivity contribution in [1.29, 1.82) is 0 Å². The number of hydrogen-bond donors (Lipinski definition) is 2. The Morgan fingerprint density at radius 3 is 2.40 bits per heavy atom. The zero-order chi connectivity index (χ0) is 21.4. The van der Waals surface area contributed by atoms with Crippen LogP contribution >= 0.6 is 0 Å². The van der Waals surface area contributed by atoms with Crippen LogP contribution in [0.1, 0.15) is 0 Å². The van der Waals surface area contributed by atoms with E-state index in [1.54, 1.807) is 49.5 Å². The van der Waals surface area contributed by atoms with Crippen LogP contribution in [0, 0.1) is 5.82 Å². The van der Waals surface area contributed by atoms with Gasteiger partial charge in [-0.2, -0.15) is 0 Å². The Kier molecular flexibility index (Phi) is 4.86. The molecule has 4 rings (SSSR count). The third-order valence-corrected chi connectivity index (χ3v) is 5.08. The van der Waals surface area contributed by atoms with Crippen molar-refractivity contribution in [2.75, 3.05) is 24.4 Å². The minimum absolute atomic E-state index is 0.252. The zero-order valence-corrected chi connectivity index (χ0v) is 16.3. The molecule has 4 amide bonds. The lowest BCUT2D eigenvalue weighted by Crippen LogP contribution is -2.65. The Morgan fingerprint density at radius 1 is 1.10 bits per heavy atom. The zero-order valence-electron chi connectivity index (χ0n) is 16.3. The van der Waals surface area contributed by atoms with E-state index in [9.17, 15) is 18.8 Å². The van der Waals surface area contributed by atoms with Crippen LogP contribution in [0.15, 0.2) is 60.3 Å². The Hall–Kier alpha value is -3.88. The van der Waals surface area contributed by atoms with Crippen molar-refractivity contribution in [3.8, 4) is 5.75 Å². The second-order valence-corrected chi connectivity index (χ2v) is 6.95. The maximum atomic E-state index is 13.2. The molecule has 2 N–H and O–H groups in total. The van der Waals surface area contributed by atoms with Crippen molar-refractivity contribution in [3.05, 3.63) is 66.1 Å². The van der Waals surface area contributed by atoms with E-state index in [2.05, 4.69) is 10.6 Å². The largest absolute Gasteiger partial charge is 0.497 e. The first-order valence-electron chi connectivity index (χ1n) is 9.18. The molecule has 2 aliphatic rings. The maximum absolute atomic E-state index is 13.2. The molecule has 0 aliphatic carbocycles. The lowest BCUT2D eigenvalue weighted by Gasteiger charge is -2.37. The number of nitrogens with zero attached hydrogens (tertiary/aromatic N) is 2. The van der Waals surface area contributed by atoms with E-state index < -0.39 is 35.7 Å². The van der Waals surface area contributed by atoms with Gasteiger partial charge in [-0.3, -0.25) is 9.59 Å². The molecular weight excluding hydrogens is 391 g/mol. The molecule has 0 spiro atoms. The van der Waals surface area contributed by atoms with E-state index in [1.807, 2.05) is 0 Å². The smallest absolute Gasteiger partial charge is 0.329 e. The topological polar surface area (TPSA) is 91.0 Å². The molecule has 9 heteroatoms. The summed E-state index contributed by atoms with van der Waals surface area (Å²) >= 11 is 0. The molecule has 0 bridgehead atoms. The van der Waals surface area contributed by atoms with Gasteiger partial charge in [-0.1, -0.05) is 0 Å². The van der Waals surface area contributed by atoms with Gasteiger partial charge in [0, 0.05) is 18.9 Å². The number of amides is 4. The second-order valence-electron chi connectivity index (χ2n) is 6.95. The van der Waals surface area contributed by atoms with Crippen molar-refractivity contribution in [3.63, 3.8) is 0 Å². The highest BCUT2D eigenvalue weighted by molar-refractivity contribution is 6.20. The summed E-state index contributed by atoms with van der Waals surface area (Å²) in [6.07, 6.45) is 1.54. The Labute approximate surface area is 171 Å². The van der Waals surface area contributed by atoms with Gasteiger partial charge in [0.05, 0.1) is 24.4 Å². The second kappa shape index (κ2) is 7.51. The number of imide groups is 1. The summed E-state index contributed by atoms with van der Waals surface area (Å²) in [4.78, 5) is 41.1. The van der Waals surface area contributed by atoms with Gasteiger partial charge in [-0.25, -0.2) is 14.1 Å². The van der Waals surface area contributed by atoms with Crippen LogP contribution in [-0.4, -0.2) is 49.0 Å². The van der Waals surface area contributed by atoms with Crippen LogP contribution in [0.5, 0.6) is 5.75 Å². The first-order valence-corrected chi connectivity index (χ1v) is 9.18. The number of likely N-dealkylation sites (N-methyl/N-ethyl adjacent to an activating group) is 1. The van der Waals surface area contributed by atoms with Crippen molar-refractivity contribution in [1.82, 2.24) is 10.2 Å². The average molecular weight is 410 g/mol. The number of ether oxygens (including phenoxy) is 1. The van der Waals surface area contributed by atoms with Gasteiger partial charge >= 0.3 is 6.03 Å². The molecule has 8 nitrogen and oxygen atoms in total. The van der Waals surface area contributed by atoms with Crippen LogP contribution in [0.4, 0.5) is 20.6 Å². The fourth-order valence-corrected chi connectivity index (χ4v) is 3.60. The van der Waals surface area contributed by atoms with Crippen LogP contribution < -0.4 is 20.3 Å². The molecule has 2 atom stereocenters. The molecule has 2 aromatic carbocycles. The number of urea groups is 1. The molecule has 154 valence electrons. The summed E-state index contributed by atoms with van der Waals surface area (Å²) in [5.74, 6) is -0.748. The highest BCUT2D eigenvalue weighted by Gasteiger charge is 2.49. The molecule has 1 fully saturated rings. The Balaban J connectivity index is 1.54. The Morgan fingerprint density at radius 2 is 1.77 bits per heavy atom. The predicted octanol–water partition coefficient (Wildman–Crippen LogP) is 2.10. The van der Waals surface area contributed by atoms with Gasteiger partial charge in [-0.05, 0) is 48.5 Å². The first-order chi connectivity index (χ1) is 14.4. The summed E-state index contributed by atoms with van der Waals surface area (Å²) < 4.78 is 18.3. The Bertz CT molecular complexity index is 1040.